The highest BCUT2D eigenvalue weighted by atomic mass is 35.5. The number of benzene rings is 3. The molecule has 4 rings (SSSR count). The fourth-order valence-electron chi connectivity index (χ4n) is 3.73. The van der Waals surface area contributed by atoms with Crippen LogP contribution in [0.5, 0.6) is 0 Å². The largest absolute Gasteiger partial charge is 0.326 e. The van der Waals surface area contributed by atoms with Gasteiger partial charge in [0.05, 0.1) is 5.92 Å². The number of nitrogens with one attached hydrogen (secondary N) is 2. The molecule has 0 unspecified atom stereocenters. The predicted octanol–water partition coefficient (Wildman–Crippen LogP) is 4.28. The molecule has 0 bridgehead atoms. The van der Waals surface area contributed by atoms with Crippen LogP contribution in [0.15, 0.2) is 84.9 Å². The Kier molecular flexibility index (Phi) is 6.81. The van der Waals surface area contributed by atoms with E-state index in [1.807, 2.05) is 42.5 Å². The third-order valence-electron chi connectivity index (χ3n) is 5.21. The fourth-order valence-corrected chi connectivity index (χ4v) is 3.73. The van der Waals surface area contributed by atoms with Crippen LogP contribution >= 0.6 is 12.4 Å². The lowest BCUT2D eigenvalue weighted by Crippen LogP contribution is -2.28. The Morgan fingerprint density at radius 2 is 1.45 bits per heavy atom. The lowest BCUT2D eigenvalue weighted by atomic mass is 9.88. The SMILES string of the molecule is Cl.O=C(c1ccccc1)c1cccc(NC(=O)[C@H]2CNC[C@@H]2c2ccccc2)c1. The summed E-state index contributed by atoms with van der Waals surface area (Å²) in [6, 6.07) is 26.4. The van der Waals surface area contributed by atoms with E-state index in [0.717, 1.165) is 6.54 Å². The molecule has 1 saturated heterocycles. The summed E-state index contributed by atoms with van der Waals surface area (Å²) >= 11 is 0. The average molecular weight is 407 g/mol. The van der Waals surface area contributed by atoms with Crippen molar-refractivity contribution in [3.8, 4) is 0 Å². The van der Waals surface area contributed by atoms with Gasteiger partial charge in [0, 0.05) is 35.8 Å². The van der Waals surface area contributed by atoms with E-state index in [-0.39, 0.29) is 35.9 Å². The van der Waals surface area contributed by atoms with E-state index < -0.39 is 0 Å². The van der Waals surface area contributed by atoms with Gasteiger partial charge in [0.1, 0.15) is 0 Å². The monoisotopic (exact) mass is 406 g/mol. The highest BCUT2D eigenvalue weighted by Gasteiger charge is 2.33. The number of hydrogen-bond acceptors (Lipinski definition) is 3. The van der Waals surface area contributed by atoms with E-state index in [9.17, 15) is 9.59 Å². The minimum Gasteiger partial charge on any atom is -0.326 e. The second-order valence-electron chi connectivity index (χ2n) is 7.05. The maximum Gasteiger partial charge on any atom is 0.229 e. The molecule has 0 spiro atoms. The smallest absolute Gasteiger partial charge is 0.229 e. The van der Waals surface area contributed by atoms with Crippen LogP contribution in [0.1, 0.15) is 27.4 Å². The van der Waals surface area contributed by atoms with Gasteiger partial charge in [0.15, 0.2) is 5.78 Å². The van der Waals surface area contributed by atoms with E-state index in [0.29, 0.717) is 23.4 Å². The van der Waals surface area contributed by atoms with Gasteiger partial charge in [-0.2, -0.15) is 0 Å². The van der Waals surface area contributed by atoms with E-state index in [2.05, 4.69) is 22.8 Å². The average Bonchev–Trinajstić information content (AvgIpc) is 3.25. The molecule has 1 heterocycles. The zero-order chi connectivity index (χ0) is 19.3. The van der Waals surface area contributed by atoms with Gasteiger partial charge in [0.2, 0.25) is 5.91 Å². The molecule has 3 aromatic carbocycles. The first-order chi connectivity index (χ1) is 13.7. The summed E-state index contributed by atoms with van der Waals surface area (Å²) < 4.78 is 0. The first kappa shape index (κ1) is 20.8. The molecule has 1 aliphatic heterocycles. The number of halogens is 1. The number of anilines is 1. The van der Waals surface area contributed by atoms with Crippen LogP contribution in [0.4, 0.5) is 5.69 Å². The maximum atomic E-state index is 12.9. The van der Waals surface area contributed by atoms with Crippen molar-refractivity contribution < 1.29 is 9.59 Å². The molecule has 0 radical (unpaired) electrons. The van der Waals surface area contributed by atoms with Crippen molar-refractivity contribution in [1.29, 1.82) is 0 Å². The number of amides is 1. The van der Waals surface area contributed by atoms with Gasteiger partial charge in [-0.05, 0) is 17.7 Å². The molecule has 5 heteroatoms. The van der Waals surface area contributed by atoms with Crippen LogP contribution in [0, 0.1) is 5.92 Å². The molecule has 148 valence electrons. The molecule has 29 heavy (non-hydrogen) atoms. The normalized spacial score (nSPS) is 17.9. The van der Waals surface area contributed by atoms with Crippen molar-refractivity contribution in [3.63, 3.8) is 0 Å². The van der Waals surface area contributed by atoms with E-state index in [1.54, 1.807) is 30.3 Å². The van der Waals surface area contributed by atoms with Crippen molar-refractivity contribution in [3.05, 3.63) is 102 Å². The first-order valence-corrected chi connectivity index (χ1v) is 9.49. The molecule has 0 aromatic heterocycles. The summed E-state index contributed by atoms with van der Waals surface area (Å²) in [6.45, 7) is 1.43. The van der Waals surface area contributed by atoms with Crippen LogP contribution < -0.4 is 10.6 Å². The number of rotatable bonds is 5. The highest BCUT2D eigenvalue weighted by molar-refractivity contribution is 6.09. The van der Waals surface area contributed by atoms with Crippen LogP contribution in [0.3, 0.4) is 0 Å². The first-order valence-electron chi connectivity index (χ1n) is 9.49. The van der Waals surface area contributed by atoms with Crippen LogP contribution in [-0.4, -0.2) is 24.8 Å². The van der Waals surface area contributed by atoms with Gasteiger partial charge < -0.3 is 10.6 Å². The van der Waals surface area contributed by atoms with Crippen molar-refractivity contribution in [2.45, 2.75) is 5.92 Å². The molecule has 3 aromatic rings. The third-order valence-corrected chi connectivity index (χ3v) is 5.21. The second kappa shape index (κ2) is 9.50. The summed E-state index contributed by atoms with van der Waals surface area (Å²) in [4.78, 5) is 25.6. The van der Waals surface area contributed by atoms with E-state index in [4.69, 9.17) is 0 Å². The van der Waals surface area contributed by atoms with Crippen molar-refractivity contribution in [1.82, 2.24) is 5.32 Å². The Morgan fingerprint density at radius 3 is 2.17 bits per heavy atom. The molecular formula is C24H23ClN2O2. The summed E-state index contributed by atoms with van der Waals surface area (Å²) in [7, 11) is 0. The van der Waals surface area contributed by atoms with Gasteiger partial charge in [-0.3, -0.25) is 9.59 Å². The highest BCUT2D eigenvalue weighted by Crippen LogP contribution is 2.29. The molecule has 1 aliphatic rings. The molecule has 2 atom stereocenters. The van der Waals surface area contributed by atoms with Gasteiger partial charge in [-0.15, -0.1) is 12.4 Å². The summed E-state index contributed by atoms with van der Waals surface area (Å²) in [5.41, 5.74) is 3.01. The van der Waals surface area contributed by atoms with Crippen LogP contribution in [0.2, 0.25) is 0 Å². The zero-order valence-electron chi connectivity index (χ0n) is 15.9. The lowest BCUT2D eigenvalue weighted by molar-refractivity contribution is -0.119. The summed E-state index contributed by atoms with van der Waals surface area (Å²) in [6.07, 6.45) is 0. The lowest BCUT2D eigenvalue weighted by Gasteiger charge is -2.18. The van der Waals surface area contributed by atoms with Crippen molar-refractivity contribution >= 4 is 29.8 Å². The molecule has 0 saturated carbocycles. The number of carbonyl (C=O) groups excluding carboxylic acids is 2. The van der Waals surface area contributed by atoms with Gasteiger partial charge in [0.25, 0.3) is 0 Å². The second-order valence-corrected chi connectivity index (χ2v) is 7.05. The molecule has 4 nitrogen and oxygen atoms in total. The molecular weight excluding hydrogens is 384 g/mol. The molecule has 1 amide bonds. The zero-order valence-corrected chi connectivity index (χ0v) is 16.7. The molecule has 2 N–H and O–H groups in total. The molecule has 1 fully saturated rings. The third kappa shape index (κ3) is 4.73. The van der Waals surface area contributed by atoms with Crippen LogP contribution in [-0.2, 0) is 4.79 Å². The summed E-state index contributed by atoms with van der Waals surface area (Å²) in [5, 5.41) is 6.32. The van der Waals surface area contributed by atoms with Crippen molar-refractivity contribution in [2.24, 2.45) is 5.92 Å². The number of hydrogen-bond donors (Lipinski definition) is 2. The maximum absolute atomic E-state index is 12.9. The minimum absolute atomic E-state index is 0. The quantitative estimate of drug-likeness (QED) is 0.622. The number of carbonyl (C=O) groups is 2. The Hall–Kier alpha value is -2.95. The van der Waals surface area contributed by atoms with Crippen LogP contribution in [0.25, 0.3) is 0 Å². The van der Waals surface area contributed by atoms with E-state index in [1.165, 1.54) is 5.56 Å². The minimum atomic E-state index is -0.143. The van der Waals surface area contributed by atoms with Gasteiger partial charge in [-0.25, -0.2) is 0 Å². The number of ketones is 1. The summed E-state index contributed by atoms with van der Waals surface area (Å²) in [5.74, 6) is -0.0734. The predicted molar refractivity (Wildman–Crippen MR) is 118 cm³/mol. The standard InChI is InChI=1S/C24H22N2O2.ClH/c27-23(18-10-5-2-6-11-18)19-12-7-13-20(14-19)26-24(28)22-16-25-15-21(22)17-8-3-1-4-9-17;/h1-14,21-22,25H,15-16H2,(H,26,28);1H/t21-,22+;/m1./s1. The Morgan fingerprint density at radius 1 is 0.793 bits per heavy atom. The topological polar surface area (TPSA) is 58.2 Å². The fraction of sp³-hybridized carbons (Fsp3) is 0.167. The van der Waals surface area contributed by atoms with Gasteiger partial charge in [-0.1, -0.05) is 72.8 Å². The molecule has 0 aliphatic carbocycles. The Bertz CT molecular complexity index is 976. The van der Waals surface area contributed by atoms with Crippen molar-refractivity contribution in [2.75, 3.05) is 18.4 Å². The van der Waals surface area contributed by atoms with Gasteiger partial charge >= 0.3 is 0 Å². The van der Waals surface area contributed by atoms with E-state index >= 15 is 0 Å². The Balaban J connectivity index is 0.00000240. The Labute approximate surface area is 176 Å².